The summed E-state index contributed by atoms with van der Waals surface area (Å²) < 4.78 is 30.0. The first-order valence-electron chi connectivity index (χ1n) is 18.2. The van der Waals surface area contributed by atoms with E-state index in [9.17, 15) is 24.6 Å². The molecule has 10 nitrogen and oxygen atoms in total. The van der Waals surface area contributed by atoms with Gasteiger partial charge in [0.05, 0.1) is 53.3 Å². The number of hydrogen-bond donors (Lipinski definition) is 2. The molecule has 2 saturated heterocycles. The predicted molar refractivity (Wildman–Crippen MR) is 198 cm³/mol. The first-order valence-corrected chi connectivity index (χ1v) is 18.2. The quantitative estimate of drug-likeness (QED) is 0.0927. The van der Waals surface area contributed by atoms with Gasteiger partial charge in [0.2, 0.25) is 0 Å². The Morgan fingerprint density at radius 2 is 1.11 bits per heavy atom. The smallest absolute Gasteiger partial charge is 0.338 e. The Kier molecular flexibility index (Phi) is 14.1. The fourth-order valence-electron chi connectivity index (χ4n) is 7.05. The second kappa shape index (κ2) is 18.9. The van der Waals surface area contributed by atoms with Crippen LogP contribution in [0.3, 0.4) is 0 Å². The number of carbonyl (C=O) groups is 3. The fourth-order valence-corrected chi connectivity index (χ4v) is 7.05. The molecule has 2 heterocycles. The topological polar surface area (TPSA) is 138 Å². The lowest BCUT2D eigenvalue weighted by molar-refractivity contribution is -0.0450. The summed E-state index contributed by atoms with van der Waals surface area (Å²) in [6.07, 6.45) is -0.0119. The number of aliphatic hydroxyl groups excluding tert-OH is 2. The molecular formula is C43H50O10. The Morgan fingerprint density at radius 1 is 0.660 bits per heavy atom. The number of rotatable bonds is 17. The third kappa shape index (κ3) is 10.3. The molecule has 0 radical (unpaired) electrons. The first kappa shape index (κ1) is 39.6. The summed E-state index contributed by atoms with van der Waals surface area (Å²) in [6.45, 7) is 11.1. The summed E-state index contributed by atoms with van der Waals surface area (Å²) in [5.74, 6) is -2.13. The minimum Gasteiger partial charge on any atom is -0.458 e. The second-order valence-corrected chi connectivity index (χ2v) is 13.9. The van der Waals surface area contributed by atoms with Crippen LogP contribution >= 0.6 is 0 Å². The van der Waals surface area contributed by atoms with Gasteiger partial charge in [-0.15, -0.1) is 13.2 Å². The van der Waals surface area contributed by atoms with Crippen LogP contribution in [0.15, 0.2) is 110 Å². The highest BCUT2D eigenvalue weighted by molar-refractivity contribution is 5.92. The Bertz CT molecular complexity index is 1680. The number of aliphatic hydroxyl groups is 2. The van der Waals surface area contributed by atoms with E-state index in [2.05, 4.69) is 13.2 Å². The molecule has 3 aromatic rings. The average Bonchev–Trinajstić information content (AvgIpc) is 3.59. The molecule has 0 aromatic heterocycles. The summed E-state index contributed by atoms with van der Waals surface area (Å²) in [4.78, 5) is 40.1. The van der Waals surface area contributed by atoms with E-state index in [1.165, 1.54) is 0 Å². The van der Waals surface area contributed by atoms with Gasteiger partial charge >= 0.3 is 17.9 Å². The lowest BCUT2D eigenvalue weighted by Gasteiger charge is -2.25. The summed E-state index contributed by atoms with van der Waals surface area (Å²) in [5, 5.41) is 22.0. The first-order chi connectivity index (χ1) is 25.6. The molecule has 282 valence electrons. The fraction of sp³-hybridized carbons (Fsp3) is 0.419. The number of ether oxygens (including phenoxy) is 5. The summed E-state index contributed by atoms with van der Waals surface area (Å²) >= 11 is 0. The van der Waals surface area contributed by atoms with Crippen molar-refractivity contribution in [2.24, 2.45) is 11.8 Å². The molecular weight excluding hydrogens is 676 g/mol. The predicted octanol–water partition coefficient (Wildman–Crippen LogP) is 6.30. The largest absolute Gasteiger partial charge is 0.458 e. The van der Waals surface area contributed by atoms with Crippen molar-refractivity contribution >= 4 is 17.9 Å². The highest BCUT2D eigenvalue weighted by Crippen LogP contribution is 2.34. The molecule has 3 aromatic carbocycles. The molecule has 2 N–H and O–H groups in total. The lowest BCUT2D eigenvalue weighted by Crippen LogP contribution is -2.34. The molecule has 2 aliphatic heterocycles. The highest BCUT2D eigenvalue weighted by Gasteiger charge is 2.43. The van der Waals surface area contributed by atoms with Crippen LogP contribution in [0, 0.1) is 11.8 Å². The molecule has 10 atom stereocenters. The van der Waals surface area contributed by atoms with E-state index in [4.69, 9.17) is 23.7 Å². The van der Waals surface area contributed by atoms with E-state index in [0.717, 1.165) is 0 Å². The zero-order valence-electron chi connectivity index (χ0n) is 30.3. The second-order valence-electron chi connectivity index (χ2n) is 13.9. The van der Waals surface area contributed by atoms with Crippen LogP contribution in [-0.4, -0.2) is 83.6 Å². The van der Waals surface area contributed by atoms with E-state index in [-0.39, 0.29) is 55.5 Å². The number of hydrogen-bond acceptors (Lipinski definition) is 10. The van der Waals surface area contributed by atoms with Gasteiger partial charge in [-0.1, -0.05) is 80.6 Å². The van der Waals surface area contributed by atoms with E-state index in [1.807, 2.05) is 13.8 Å². The van der Waals surface area contributed by atoms with Gasteiger partial charge < -0.3 is 33.9 Å². The van der Waals surface area contributed by atoms with Gasteiger partial charge in [0.15, 0.2) is 0 Å². The van der Waals surface area contributed by atoms with Crippen LogP contribution in [0.5, 0.6) is 0 Å². The van der Waals surface area contributed by atoms with Crippen molar-refractivity contribution in [3.63, 3.8) is 0 Å². The van der Waals surface area contributed by atoms with Crippen LogP contribution < -0.4 is 0 Å². The molecule has 0 amide bonds. The van der Waals surface area contributed by atoms with Gasteiger partial charge in [0.1, 0.15) is 18.8 Å². The van der Waals surface area contributed by atoms with E-state index in [1.54, 1.807) is 97.1 Å². The monoisotopic (exact) mass is 726 g/mol. The van der Waals surface area contributed by atoms with Gasteiger partial charge in [-0.2, -0.15) is 0 Å². The maximum atomic E-state index is 13.8. The zero-order valence-corrected chi connectivity index (χ0v) is 30.3. The Balaban J connectivity index is 1.32. The number of esters is 3. The molecule has 2 aliphatic rings. The third-order valence-corrected chi connectivity index (χ3v) is 10.2. The van der Waals surface area contributed by atoms with Crippen molar-refractivity contribution in [1.82, 2.24) is 0 Å². The van der Waals surface area contributed by atoms with Crippen molar-refractivity contribution in [1.29, 1.82) is 0 Å². The SMILES string of the molecule is C=CC[C@@H]1O[C@H](C[C@@H](COC(=O)c2ccccc2C[C@@H](C[C@H]2O[C@@H](CC=C)[C@H](C)[C@H]2O)OC(=O)c2ccccc2)OC(=O)c2ccccc2)[C@H](O)[C@H]1C. The van der Waals surface area contributed by atoms with Crippen LogP contribution in [0.4, 0.5) is 0 Å². The molecule has 53 heavy (non-hydrogen) atoms. The average molecular weight is 727 g/mol. The molecule has 10 heteroatoms. The Morgan fingerprint density at radius 3 is 1.62 bits per heavy atom. The van der Waals surface area contributed by atoms with Gasteiger partial charge in [-0.05, 0) is 48.7 Å². The zero-order chi connectivity index (χ0) is 37.9. The summed E-state index contributed by atoms with van der Waals surface area (Å²) in [6, 6.07) is 23.9. The number of carbonyl (C=O) groups excluding carboxylic acids is 3. The maximum absolute atomic E-state index is 13.8. The standard InChI is InChI=1S/C43H50O10/c1-5-15-35-27(3)39(44)37(52-35)24-32(50-41(46)29-17-9-7-10-18-29)23-31-21-13-14-22-34(31)43(48)49-26-33(51-42(47)30-19-11-8-12-20-30)25-38-40(45)28(4)36(53-38)16-6-2/h5-14,17-22,27-28,32-33,35-40,44-45H,1-2,15-16,23-26H2,3-4H3/t27-,28-,32-,33-,35-,36-,37+,38+,39+,40+/m0/s1. The third-order valence-electron chi connectivity index (χ3n) is 10.2. The minimum atomic E-state index is -0.931. The molecule has 2 fully saturated rings. The summed E-state index contributed by atoms with van der Waals surface area (Å²) in [7, 11) is 0. The maximum Gasteiger partial charge on any atom is 0.338 e. The van der Waals surface area contributed by atoms with Crippen molar-refractivity contribution in [2.45, 2.75) is 94.8 Å². The lowest BCUT2D eigenvalue weighted by atomic mass is 9.92. The van der Waals surface area contributed by atoms with Crippen molar-refractivity contribution in [2.75, 3.05) is 6.61 Å². The molecule has 0 unspecified atom stereocenters. The van der Waals surface area contributed by atoms with Gasteiger partial charge in [-0.25, -0.2) is 14.4 Å². The van der Waals surface area contributed by atoms with E-state index >= 15 is 0 Å². The van der Waals surface area contributed by atoms with Crippen LogP contribution in [0.25, 0.3) is 0 Å². The van der Waals surface area contributed by atoms with E-state index < -0.39 is 54.5 Å². The molecule has 0 saturated carbocycles. The minimum absolute atomic E-state index is 0.0964. The Hall–Kier alpha value is -4.61. The van der Waals surface area contributed by atoms with Crippen molar-refractivity contribution < 1.29 is 48.3 Å². The molecule has 0 bridgehead atoms. The van der Waals surface area contributed by atoms with Gasteiger partial charge in [0.25, 0.3) is 0 Å². The van der Waals surface area contributed by atoms with Gasteiger partial charge in [-0.3, -0.25) is 0 Å². The van der Waals surface area contributed by atoms with Gasteiger partial charge in [0, 0.05) is 31.1 Å². The van der Waals surface area contributed by atoms with Crippen LogP contribution in [-0.2, 0) is 30.1 Å². The normalized spacial score (nSPS) is 26.3. The van der Waals surface area contributed by atoms with Crippen molar-refractivity contribution in [3.05, 3.63) is 132 Å². The number of benzene rings is 3. The van der Waals surface area contributed by atoms with Crippen LogP contribution in [0.2, 0.25) is 0 Å². The van der Waals surface area contributed by atoms with Crippen LogP contribution in [0.1, 0.15) is 76.2 Å². The molecule has 5 rings (SSSR count). The van der Waals surface area contributed by atoms with Crippen molar-refractivity contribution in [3.8, 4) is 0 Å². The molecule has 0 aliphatic carbocycles. The highest BCUT2D eigenvalue weighted by atomic mass is 16.6. The summed E-state index contributed by atoms with van der Waals surface area (Å²) in [5.41, 5.74) is 1.50. The molecule has 0 spiro atoms. The Labute approximate surface area is 311 Å². The van der Waals surface area contributed by atoms with E-state index in [0.29, 0.717) is 29.5 Å².